The molecule has 0 radical (unpaired) electrons. The van der Waals surface area contributed by atoms with E-state index in [2.05, 4.69) is 65.3 Å². The molecule has 1 fully saturated rings. The Kier molecular flexibility index (Phi) is 14.5. The Labute approximate surface area is 196 Å². The molecule has 0 bridgehead atoms. The minimum absolute atomic E-state index is 0. The van der Waals surface area contributed by atoms with Crippen LogP contribution in [0.15, 0.2) is 15.5 Å². The summed E-state index contributed by atoms with van der Waals surface area (Å²) in [7, 11) is 0. The van der Waals surface area contributed by atoms with Crippen LogP contribution in [0.4, 0.5) is 0 Å². The topological polar surface area (TPSA) is 72.6 Å². The monoisotopic (exact) mass is 495 g/mol. The Morgan fingerprint density at radius 2 is 1.85 bits per heavy atom. The van der Waals surface area contributed by atoms with Gasteiger partial charge in [-0.25, -0.2) is 0 Å². The van der Waals surface area contributed by atoms with Crippen LogP contribution >= 0.6 is 37.1 Å². The Balaban J connectivity index is 0.000000539. The molecule has 1 aromatic rings. The van der Waals surface area contributed by atoms with Gasteiger partial charge < -0.3 is 45.0 Å². The molecule has 5 nitrogen and oxygen atoms in total. The fraction of sp³-hybridized carbons (Fsp3) is 0.588. The second-order valence-electron chi connectivity index (χ2n) is 6.00. The number of furan rings is 1. The molecule has 1 heterocycles. The molecule has 2 N–H and O–H groups in total. The van der Waals surface area contributed by atoms with Crippen molar-refractivity contribution in [2.24, 2.45) is 4.99 Å². The van der Waals surface area contributed by atoms with Crippen molar-refractivity contribution in [3.63, 3.8) is 0 Å². The van der Waals surface area contributed by atoms with E-state index in [1.54, 1.807) is 6.07 Å². The van der Waals surface area contributed by atoms with E-state index in [9.17, 15) is 5.11 Å². The Hall–Kier alpha value is -0.277. The van der Waals surface area contributed by atoms with Crippen LogP contribution in [0, 0.1) is 13.8 Å². The van der Waals surface area contributed by atoms with Gasteiger partial charge in [-0.3, -0.25) is 4.99 Å². The van der Waals surface area contributed by atoms with E-state index in [1.807, 2.05) is 13.8 Å². The van der Waals surface area contributed by atoms with E-state index in [0.717, 1.165) is 18.6 Å². The molecule has 1 aromatic heterocycles. The predicted molar refractivity (Wildman–Crippen MR) is 119 cm³/mol. The number of hydrogen-bond acceptors (Lipinski definition) is 6. The van der Waals surface area contributed by atoms with Gasteiger partial charge in [0.1, 0.15) is 15.8 Å². The summed E-state index contributed by atoms with van der Waals surface area (Å²) in [5.74, 6) is 1.35. The summed E-state index contributed by atoms with van der Waals surface area (Å²) in [6.45, 7) is 5.04. The molecule has 0 spiro atoms. The second-order valence-corrected chi connectivity index (χ2v) is 8.23. The maximum atomic E-state index is 11.9. The van der Waals surface area contributed by atoms with Crippen LogP contribution in [0.3, 0.4) is 0 Å². The number of thiocarbonyl (C=S) groups is 2. The summed E-state index contributed by atoms with van der Waals surface area (Å²) in [6.07, 6.45) is 5.79. The van der Waals surface area contributed by atoms with E-state index in [0.29, 0.717) is 33.1 Å². The maximum absolute atomic E-state index is 11.9. The molecule has 0 aromatic carbocycles. The van der Waals surface area contributed by atoms with Gasteiger partial charge in [-0.15, -0.1) is 12.6 Å². The first-order valence-electron chi connectivity index (χ1n) is 8.53. The number of rotatable bonds is 5. The van der Waals surface area contributed by atoms with Gasteiger partial charge in [-0.1, -0.05) is 35.8 Å². The Morgan fingerprint density at radius 3 is 2.33 bits per heavy atom. The molecule has 0 aliphatic heterocycles. The third kappa shape index (κ3) is 12.0. The predicted octanol–water partition coefficient (Wildman–Crippen LogP) is 2.55. The summed E-state index contributed by atoms with van der Waals surface area (Å²) >= 11 is 17.7. The van der Waals surface area contributed by atoms with Crippen molar-refractivity contribution in [1.82, 2.24) is 10.6 Å². The van der Waals surface area contributed by atoms with Crippen molar-refractivity contribution in [3.8, 4) is 0 Å². The number of nitrogens with zero attached hydrogens (tertiary/aromatic N) is 1. The molecule has 10 heteroatoms. The Bertz CT molecular complexity index is 616. The van der Waals surface area contributed by atoms with Crippen LogP contribution in [-0.4, -0.2) is 33.7 Å². The van der Waals surface area contributed by atoms with Gasteiger partial charge in [0.05, 0.1) is 0 Å². The van der Waals surface area contributed by atoms with Crippen molar-refractivity contribution in [2.75, 3.05) is 13.1 Å². The minimum Gasteiger partial charge on any atom is -0.858 e. The third-order valence-electron chi connectivity index (χ3n) is 3.82. The van der Waals surface area contributed by atoms with Crippen molar-refractivity contribution < 1.29 is 29.0 Å². The van der Waals surface area contributed by atoms with Crippen molar-refractivity contribution >= 4 is 64.2 Å². The number of nitrogens with one attached hydrogen (secondary N) is 2. The molecule has 1 aliphatic rings. The zero-order valence-electron chi connectivity index (χ0n) is 15.7. The summed E-state index contributed by atoms with van der Waals surface area (Å²) in [5, 5.41) is 17.5. The molecule has 2 rings (SSSR count). The van der Waals surface area contributed by atoms with Crippen LogP contribution in [0.1, 0.15) is 49.2 Å². The van der Waals surface area contributed by atoms with E-state index in [-0.39, 0.29) is 31.4 Å². The van der Waals surface area contributed by atoms with Gasteiger partial charge in [0, 0.05) is 24.7 Å². The normalized spacial score (nSPS) is 14.4. The van der Waals surface area contributed by atoms with Crippen molar-refractivity contribution in [3.05, 3.63) is 23.2 Å². The minimum atomic E-state index is -0.110. The molecule has 1 aliphatic carbocycles. The third-order valence-corrected chi connectivity index (χ3v) is 4.41. The summed E-state index contributed by atoms with van der Waals surface area (Å²) in [5.41, 5.74) is 0.628. The Morgan fingerprint density at radius 1 is 1.26 bits per heavy atom. The quantitative estimate of drug-likeness (QED) is 0.110. The molecular formula is C17H25N3O2S4Zn. The SMILES string of the molecule is Cc1cc(C([O-])=NC2CCCCC2)c(C)o1.S=C([S-])NCCNC(=S)S.[Zn+2]. The van der Waals surface area contributed by atoms with Gasteiger partial charge in [0.2, 0.25) is 0 Å². The smallest absolute Gasteiger partial charge is 0.858 e. The van der Waals surface area contributed by atoms with Gasteiger partial charge in [0.15, 0.2) is 0 Å². The maximum Gasteiger partial charge on any atom is 2.00 e. The van der Waals surface area contributed by atoms with E-state index in [4.69, 9.17) is 4.42 Å². The van der Waals surface area contributed by atoms with Gasteiger partial charge in [0.25, 0.3) is 0 Å². The number of thiol groups is 1. The fourth-order valence-electron chi connectivity index (χ4n) is 2.62. The van der Waals surface area contributed by atoms with E-state index >= 15 is 0 Å². The van der Waals surface area contributed by atoms with Crippen molar-refractivity contribution in [2.45, 2.75) is 52.0 Å². The molecule has 1 saturated carbocycles. The zero-order valence-corrected chi connectivity index (χ0v) is 22.1. The molecular weight excluding hydrogens is 472 g/mol. The average molecular weight is 497 g/mol. The summed E-state index contributed by atoms with van der Waals surface area (Å²) in [4.78, 5) is 4.28. The van der Waals surface area contributed by atoms with Gasteiger partial charge in [-0.2, -0.15) is 0 Å². The fourth-order valence-corrected chi connectivity index (χ4v) is 3.04. The van der Waals surface area contributed by atoms with Crippen LogP contribution < -0.4 is 15.7 Å². The molecule has 0 atom stereocenters. The first-order valence-corrected chi connectivity index (χ1v) is 10.2. The molecule has 0 unspecified atom stereocenters. The van der Waals surface area contributed by atoms with Crippen LogP contribution in [0.2, 0.25) is 0 Å². The summed E-state index contributed by atoms with van der Waals surface area (Å²) in [6, 6.07) is 2.01. The number of hydrogen-bond donors (Lipinski definition) is 3. The molecule has 146 valence electrons. The largest absolute Gasteiger partial charge is 2.00 e. The second kappa shape index (κ2) is 14.7. The standard InChI is InChI=1S/C13H19NO2.C4H8N2S4.Zn/c1-9-8-12(10(2)16-9)13(15)14-11-6-4-3-5-7-11;7-3(8)5-1-2-6-4(9)10;/h8,11H,3-7H2,1-2H3,(H,14,15);1-2H2,(H2,5,7,8)(H2,6,9,10);/q;;+2/p-2. The van der Waals surface area contributed by atoms with Crippen LogP contribution in [0.5, 0.6) is 0 Å². The van der Waals surface area contributed by atoms with E-state index < -0.39 is 0 Å². The van der Waals surface area contributed by atoms with Crippen LogP contribution in [0.25, 0.3) is 0 Å². The van der Waals surface area contributed by atoms with Crippen LogP contribution in [-0.2, 0) is 32.1 Å². The van der Waals surface area contributed by atoms with Gasteiger partial charge >= 0.3 is 19.5 Å². The van der Waals surface area contributed by atoms with Crippen molar-refractivity contribution in [1.29, 1.82) is 0 Å². The number of aliphatic imine (C=N–C) groups is 1. The molecule has 0 saturated heterocycles. The molecule has 27 heavy (non-hydrogen) atoms. The average Bonchev–Trinajstić information content (AvgIpc) is 2.91. The van der Waals surface area contributed by atoms with Gasteiger partial charge in [-0.05, 0) is 38.7 Å². The molecule has 0 amide bonds. The first-order chi connectivity index (χ1) is 12.3. The van der Waals surface area contributed by atoms with E-state index in [1.165, 1.54) is 19.3 Å². The summed E-state index contributed by atoms with van der Waals surface area (Å²) < 4.78 is 6.21. The zero-order chi connectivity index (χ0) is 19.5. The first kappa shape index (κ1) is 26.7. The number of aryl methyl sites for hydroxylation is 2.